The van der Waals surface area contributed by atoms with Crippen LogP contribution in [0.1, 0.15) is 57.6 Å². The van der Waals surface area contributed by atoms with Gasteiger partial charge in [0.25, 0.3) is 0 Å². The minimum atomic E-state index is -0.492. The second-order valence-corrected chi connectivity index (χ2v) is 9.50. The quantitative estimate of drug-likeness (QED) is 0.601. The molecule has 0 aromatic heterocycles. The molecule has 1 atom stereocenters. The number of hydrogen-bond acceptors (Lipinski definition) is 5. The van der Waals surface area contributed by atoms with Gasteiger partial charge in [-0.3, -0.25) is 4.79 Å². The maximum absolute atomic E-state index is 13.4. The molecule has 0 bridgehead atoms. The Bertz CT molecular complexity index is 1130. The van der Waals surface area contributed by atoms with Crippen LogP contribution >= 0.6 is 0 Å². The Hall–Kier alpha value is -3.34. The fourth-order valence-corrected chi connectivity index (χ4v) is 4.79. The monoisotopic (exact) mass is 445 g/mol. The van der Waals surface area contributed by atoms with Crippen LogP contribution in [-0.4, -0.2) is 18.4 Å². The van der Waals surface area contributed by atoms with Crippen molar-refractivity contribution in [2.45, 2.75) is 53.1 Å². The molecule has 0 saturated heterocycles. The second-order valence-electron chi connectivity index (χ2n) is 9.50. The van der Waals surface area contributed by atoms with E-state index in [1.165, 1.54) is 0 Å². The molecule has 0 radical (unpaired) electrons. The Balaban J connectivity index is 1.75. The summed E-state index contributed by atoms with van der Waals surface area (Å²) in [4.78, 5) is 26.8. The number of dihydropyridines is 1. The Morgan fingerprint density at radius 3 is 2.58 bits per heavy atom. The van der Waals surface area contributed by atoms with E-state index in [0.717, 1.165) is 28.9 Å². The van der Waals surface area contributed by atoms with Gasteiger partial charge in [0.1, 0.15) is 12.4 Å². The van der Waals surface area contributed by atoms with Gasteiger partial charge in [-0.15, -0.1) is 0 Å². The molecule has 1 unspecified atom stereocenters. The number of ketones is 1. The van der Waals surface area contributed by atoms with E-state index in [4.69, 9.17) is 9.47 Å². The Labute approximate surface area is 195 Å². The molecule has 1 aliphatic heterocycles. The number of allylic oxidation sites excluding steroid dienone is 3. The Morgan fingerprint density at radius 1 is 1.09 bits per heavy atom. The molecule has 1 N–H and O–H groups in total. The van der Waals surface area contributed by atoms with Crippen molar-refractivity contribution >= 4 is 11.8 Å². The third kappa shape index (κ3) is 4.87. The van der Waals surface area contributed by atoms with Crippen LogP contribution < -0.4 is 10.1 Å². The average Bonchev–Trinajstić information content (AvgIpc) is 2.77. The summed E-state index contributed by atoms with van der Waals surface area (Å²) < 4.78 is 11.4. The van der Waals surface area contributed by atoms with Gasteiger partial charge in [-0.1, -0.05) is 56.3 Å². The Morgan fingerprint density at radius 2 is 1.85 bits per heavy atom. The number of benzene rings is 2. The highest BCUT2D eigenvalue weighted by atomic mass is 16.5. The van der Waals surface area contributed by atoms with Gasteiger partial charge in [0.05, 0.1) is 12.2 Å². The lowest BCUT2D eigenvalue weighted by atomic mass is 9.68. The zero-order chi connectivity index (χ0) is 23.6. The van der Waals surface area contributed by atoms with Gasteiger partial charge < -0.3 is 14.8 Å². The summed E-state index contributed by atoms with van der Waals surface area (Å²) in [7, 11) is 0. The van der Waals surface area contributed by atoms with Crippen LogP contribution in [-0.2, 0) is 20.9 Å². The van der Waals surface area contributed by atoms with Gasteiger partial charge in [0.2, 0.25) is 0 Å². The molecule has 1 heterocycles. The van der Waals surface area contributed by atoms with Crippen LogP contribution in [0.5, 0.6) is 5.75 Å². The molecule has 0 amide bonds. The molecule has 2 aliphatic rings. The van der Waals surface area contributed by atoms with E-state index in [1.54, 1.807) is 0 Å². The van der Waals surface area contributed by atoms with Gasteiger partial charge in [-0.05, 0) is 48.9 Å². The molecule has 0 spiro atoms. The van der Waals surface area contributed by atoms with Gasteiger partial charge >= 0.3 is 5.97 Å². The van der Waals surface area contributed by atoms with Crippen LogP contribution in [0.2, 0.25) is 0 Å². The molecular weight excluding hydrogens is 414 g/mol. The predicted molar refractivity (Wildman–Crippen MR) is 127 cm³/mol. The smallest absolute Gasteiger partial charge is 0.337 e. The first-order valence-corrected chi connectivity index (χ1v) is 11.5. The molecule has 0 fully saturated rings. The molecule has 5 heteroatoms. The molecule has 2 aromatic rings. The van der Waals surface area contributed by atoms with Crippen molar-refractivity contribution in [3.8, 4) is 5.75 Å². The standard InChI is InChI=1S/C28H31NO4/c1-5-32-21-13-9-12-20(14-21)25-24(27(31)33-17-19-10-7-6-8-11-19)18(2)29-22-15-28(3,4)16-23(30)26(22)25/h6-14,25,29H,5,15-17H2,1-4H3. The minimum Gasteiger partial charge on any atom is -0.494 e. The fraction of sp³-hybridized carbons (Fsp3) is 0.357. The summed E-state index contributed by atoms with van der Waals surface area (Å²) in [6.45, 7) is 8.73. The average molecular weight is 446 g/mol. The van der Waals surface area contributed by atoms with E-state index in [2.05, 4.69) is 19.2 Å². The summed E-state index contributed by atoms with van der Waals surface area (Å²) in [5.74, 6) is -0.122. The van der Waals surface area contributed by atoms with Crippen LogP contribution in [0.4, 0.5) is 0 Å². The van der Waals surface area contributed by atoms with E-state index < -0.39 is 11.9 Å². The van der Waals surface area contributed by atoms with Crippen molar-refractivity contribution < 1.29 is 19.1 Å². The van der Waals surface area contributed by atoms with Gasteiger partial charge in [0, 0.05) is 29.3 Å². The number of hydrogen-bond donors (Lipinski definition) is 1. The summed E-state index contributed by atoms with van der Waals surface area (Å²) in [5.41, 5.74) is 4.41. The summed E-state index contributed by atoms with van der Waals surface area (Å²) >= 11 is 0. The lowest BCUT2D eigenvalue weighted by Gasteiger charge is -2.39. The highest BCUT2D eigenvalue weighted by molar-refractivity contribution is 6.04. The van der Waals surface area contributed by atoms with Crippen LogP contribution in [0.25, 0.3) is 0 Å². The second kappa shape index (κ2) is 9.26. The van der Waals surface area contributed by atoms with Crippen LogP contribution in [0.3, 0.4) is 0 Å². The van der Waals surface area contributed by atoms with Crippen molar-refractivity contribution in [3.63, 3.8) is 0 Å². The van der Waals surface area contributed by atoms with E-state index in [-0.39, 0.29) is 17.8 Å². The van der Waals surface area contributed by atoms with E-state index in [9.17, 15) is 9.59 Å². The summed E-state index contributed by atoms with van der Waals surface area (Å²) in [6.07, 6.45) is 1.19. The van der Waals surface area contributed by atoms with Crippen LogP contribution in [0.15, 0.2) is 77.1 Å². The van der Waals surface area contributed by atoms with E-state index >= 15 is 0 Å². The maximum Gasteiger partial charge on any atom is 0.337 e. The molecule has 172 valence electrons. The number of Topliss-reactive ketones (excluding diaryl/α,β-unsaturated/α-hetero) is 1. The predicted octanol–water partition coefficient (Wildman–Crippen LogP) is 5.43. The third-order valence-electron chi connectivity index (χ3n) is 6.17. The summed E-state index contributed by atoms with van der Waals surface area (Å²) in [6, 6.07) is 17.3. The molecule has 33 heavy (non-hydrogen) atoms. The van der Waals surface area contributed by atoms with Gasteiger partial charge in [0.15, 0.2) is 5.78 Å². The number of ether oxygens (including phenoxy) is 2. The summed E-state index contributed by atoms with van der Waals surface area (Å²) in [5, 5.41) is 3.38. The van der Waals surface area contributed by atoms with Crippen LogP contribution in [0, 0.1) is 5.41 Å². The Kier molecular flexibility index (Phi) is 6.41. The lowest BCUT2D eigenvalue weighted by Crippen LogP contribution is -2.38. The zero-order valence-electron chi connectivity index (χ0n) is 19.7. The van der Waals surface area contributed by atoms with Crippen molar-refractivity contribution in [1.82, 2.24) is 5.32 Å². The molecule has 1 aliphatic carbocycles. The topological polar surface area (TPSA) is 64.6 Å². The molecular formula is C28H31NO4. The number of carbonyl (C=O) groups is 2. The normalized spacial score (nSPS) is 19.6. The SMILES string of the molecule is CCOc1cccc(C2C(C(=O)OCc3ccccc3)=C(C)NC3=C2C(=O)CC(C)(C)C3)c1. The maximum atomic E-state index is 13.4. The van der Waals surface area contributed by atoms with Crippen molar-refractivity contribution in [1.29, 1.82) is 0 Å². The number of carbonyl (C=O) groups excluding carboxylic acids is 2. The molecule has 2 aromatic carbocycles. The fourth-order valence-electron chi connectivity index (χ4n) is 4.79. The minimum absolute atomic E-state index is 0.0708. The van der Waals surface area contributed by atoms with Crippen molar-refractivity contribution in [2.24, 2.45) is 5.41 Å². The third-order valence-corrected chi connectivity index (χ3v) is 6.17. The van der Waals surface area contributed by atoms with Gasteiger partial charge in [-0.25, -0.2) is 4.79 Å². The lowest BCUT2D eigenvalue weighted by molar-refractivity contribution is -0.140. The molecule has 5 nitrogen and oxygen atoms in total. The van der Waals surface area contributed by atoms with Crippen molar-refractivity contribution in [2.75, 3.05) is 6.61 Å². The number of nitrogens with one attached hydrogen (secondary N) is 1. The molecule has 0 saturated carbocycles. The zero-order valence-corrected chi connectivity index (χ0v) is 19.7. The van der Waals surface area contributed by atoms with Crippen molar-refractivity contribution in [3.05, 3.63) is 88.3 Å². The largest absolute Gasteiger partial charge is 0.494 e. The van der Waals surface area contributed by atoms with E-state index in [1.807, 2.05) is 68.4 Å². The number of esters is 1. The highest BCUT2D eigenvalue weighted by Gasteiger charge is 2.43. The highest BCUT2D eigenvalue weighted by Crippen LogP contribution is 2.47. The van der Waals surface area contributed by atoms with Gasteiger partial charge in [-0.2, -0.15) is 0 Å². The van der Waals surface area contributed by atoms with E-state index in [0.29, 0.717) is 29.9 Å². The first-order valence-electron chi connectivity index (χ1n) is 11.5. The first kappa shape index (κ1) is 22.8. The number of rotatable bonds is 6. The first-order chi connectivity index (χ1) is 15.8. The molecule has 4 rings (SSSR count).